The van der Waals surface area contributed by atoms with Crippen molar-refractivity contribution in [1.29, 1.82) is 0 Å². The van der Waals surface area contributed by atoms with E-state index in [1.165, 1.54) is 0 Å². The van der Waals surface area contributed by atoms with Crippen molar-refractivity contribution in [2.45, 2.75) is 32.7 Å². The van der Waals surface area contributed by atoms with Crippen LogP contribution in [0.3, 0.4) is 0 Å². The number of nitrogens with zero attached hydrogens (tertiary/aromatic N) is 2. The van der Waals surface area contributed by atoms with Crippen LogP contribution in [0.2, 0.25) is 0 Å². The number of nitrogen functional groups attached to an aromatic ring is 1. The minimum absolute atomic E-state index is 0.350. The van der Waals surface area contributed by atoms with Gasteiger partial charge >= 0.3 is 0 Å². The lowest BCUT2D eigenvalue weighted by molar-refractivity contribution is 0.665. The third kappa shape index (κ3) is 2.11. The first-order valence-electron chi connectivity index (χ1n) is 4.20. The molecule has 0 atom stereocenters. The Morgan fingerprint density at radius 1 is 1.50 bits per heavy atom. The quantitative estimate of drug-likeness (QED) is 0.628. The van der Waals surface area contributed by atoms with Crippen LogP contribution in [-0.4, -0.2) is 21.2 Å². The average Bonchev–Trinajstić information content (AvgIpc) is 2.47. The number of aromatic amines is 1. The zero-order valence-electron chi connectivity index (χ0n) is 7.46. The molecule has 0 saturated carbocycles. The van der Waals surface area contributed by atoms with Gasteiger partial charge in [-0.25, -0.2) is 5.10 Å². The van der Waals surface area contributed by atoms with Crippen LogP contribution in [0.25, 0.3) is 0 Å². The SMILES string of the molecule is CCC(CC)Nc1n[nH]c(N)n1. The van der Waals surface area contributed by atoms with Crippen LogP contribution >= 0.6 is 0 Å². The highest BCUT2D eigenvalue weighted by molar-refractivity contribution is 5.30. The van der Waals surface area contributed by atoms with Crippen molar-refractivity contribution >= 4 is 11.9 Å². The van der Waals surface area contributed by atoms with Crippen molar-refractivity contribution in [3.05, 3.63) is 0 Å². The highest BCUT2D eigenvalue weighted by atomic mass is 15.3. The first-order chi connectivity index (χ1) is 5.76. The summed E-state index contributed by atoms with van der Waals surface area (Å²) in [5, 5.41) is 9.62. The molecule has 1 aromatic rings. The molecule has 0 unspecified atom stereocenters. The topological polar surface area (TPSA) is 79.6 Å². The Morgan fingerprint density at radius 3 is 2.58 bits per heavy atom. The molecule has 0 radical (unpaired) electrons. The van der Waals surface area contributed by atoms with E-state index < -0.39 is 0 Å². The minimum atomic E-state index is 0.350. The lowest BCUT2D eigenvalue weighted by Crippen LogP contribution is -2.17. The summed E-state index contributed by atoms with van der Waals surface area (Å²) in [7, 11) is 0. The number of rotatable bonds is 4. The second-order valence-corrected chi connectivity index (χ2v) is 2.70. The van der Waals surface area contributed by atoms with Crippen molar-refractivity contribution in [1.82, 2.24) is 15.2 Å². The van der Waals surface area contributed by atoms with E-state index in [4.69, 9.17) is 5.73 Å². The van der Waals surface area contributed by atoms with Gasteiger partial charge in [0.15, 0.2) is 0 Å². The lowest BCUT2D eigenvalue weighted by Gasteiger charge is -2.11. The molecule has 0 aromatic carbocycles. The van der Waals surface area contributed by atoms with Crippen molar-refractivity contribution in [3.63, 3.8) is 0 Å². The van der Waals surface area contributed by atoms with Crippen LogP contribution in [0.1, 0.15) is 26.7 Å². The van der Waals surface area contributed by atoms with E-state index in [1.807, 2.05) is 0 Å². The number of nitrogens with two attached hydrogens (primary N) is 1. The van der Waals surface area contributed by atoms with Crippen molar-refractivity contribution < 1.29 is 0 Å². The molecule has 5 nitrogen and oxygen atoms in total. The maximum atomic E-state index is 5.37. The molecule has 0 aliphatic carbocycles. The maximum absolute atomic E-state index is 5.37. The van der Waals surface area contributed by atoms with Crippen LogP contribution in [0.4, 0.5) is 11.9 Å². The zero-order chi connectivity index (χ0) is 8.97. The fourth-order valence-electron chi connectivity index (χ4n) is 1.01. The third-order valence-electron chi connectivity index (χ3n) is 1.82. The summed E-state index contributed by atoms with van der Waals surface area (Å²) in [6, 6.07) is 0.431. The van der Waals surface area contributed by atoms with Gasteiger partial charge in [0, 0.05) is 6.04 Å². The fraction of sp³-hybridized carbons (Fsp3) is 0.714. The molecule has 0 saturated heterocycles. The molecule has 1 rings (SSSR count). The highest BCUT2D eigenvalue weighted by Gasteiger charge is 2.05. The van der Waals surface area contributed by atoms with Crippen molar-refractivity contribution in [2.24, 2.45) is 0 Å². The molecule has 0 amide bonds. The van der Waals surface area contributed by atoms with Gasteiger partial charge in [0.1, 0.15) is 0 Å². The first-order valence-corrected chi connectivity index (χ1v) is 4.20. The standard InChI is InChI=1S/C7H15N5/c1-3-5(4-2)9-7-10-6(8)11-12-7/h5H,3-4H2,1-2H3,(H4,8,9,10,11,12). The largest absolute Gasteiger partial charge is 0.368 e. The van der Waals surface area contributed by atoms with Gasteiger partial charge in [-0.2, -0.15) is 4.98 Å². The summed E-state index contributed by atoms with van der Waals surface area (Å²) in [4.78, 5) is 3.95. The molecule has 0 bridgehead atoms. The number of hydrogen-bond acceptors (Lipinski definition) is 4. The molecular formula is C7H15N5. The van der Waals surface area contributed by atoms with E-state index in [0.29, 0.717) is 17.9 Å². The summed E-state index contributed by atoms with van der Waals surface area (Å²) >= 11 is 0. The predicted molar refractivity (Wildman–Crippen MR) is 48.8 cm³/mol. The summed E-state index contributed by atoms with van der Waals surface area (Å²) in [5.74, 6) is 0.935. The Kier molecular flexibility index (Phi) is 2.90. The van der Waals surface area contributed by atoms with Gasteiger partial charge in [0.25, 0.3) is 0 Å². The van der Waals surface area contributed by atoms with Crippen LogP contribution in [0, 0.1) is 0 Å². The molecule has 0 aliphatic rings. The molecule has 4 N–H and O–H groups in total. The second kappa shape index (κ2) is 3.94. The number of aromatic nitrogens is 3. The van der Waals surface area contributed by atoms with E-state index in [1.54, 1.807) is 0 Å². The number of anilines is 2. The zero-order valence-corrected chi connectivity index (χ0v) is 7.46. The van der Waals surface area contributed by atoms with Gasteiger partial charge in [0.2, 0.25) is 11.9 Å². The summed E-state index contributed by atoms with van der Waals surface area (Å²) in [6.07, 6.45) is 2.12. The van der Waals surface area contributed by atoms with Crippen molar-refractivity contribution in [2.75, 3.05) is 11.1 Å². The van der Waals surface area contributed by atoms with Crippen molar-refractivity contribution in [3.8, 4) is 0 Å². The molecule has 1 aromatic heterocycles. The predicted octanol–water partition coefficient (Wildman–Crippen LogP) is 0.987. The molecule has 0 spiro atoms. The molecular weight excluding hydrogens is 154 g/mol. The van der Waals surface area contributed by atoms with Gasteiger partial charge in [-0.05, 0) is 12.8 Å². The molecule has 0 fully saturated rings. The average molecular weight is 169 g/mol. The van der Waals surface area contributed by atoms with E-state index >= 15 is 0 Å². The van der Waals surface area contributed by atoms with Gasteiger partial charge in [-0.3, -0.25) is 0 Å². The Balaban J connectivity index is 2.50. The first kappa shape index (κ1) is 8.83. The van der Waals surface area contributed by atoms with E-state index in [0.717, 1.165) is 12.8 Å². The summed E-state index contributed by atoms with van der Waals surface area (Å²) in [5.41, 5.74) is 5.37. The van der Waals surface area contributed by atoms with E-state index in [-0.39, 0.29) is 0 Å². The Labute approximate surface area is 71.8 Å². The third-order valence-corrected chi connectivity index (χ3v) is 1.82. The number of H-pyrrole nitrogens is 1. The highest BCUT2D eigenvalue weighted by Crippen LogP contribution is 2.06. The Hall–Kier alpha value is -1.26. The molecule has 5 heteroatoms. The normalized spacial score (nSPS) is 10.6. The molecule has 1 heterocycles. The lowest BCUT2D eigenvalue weighted by atomic mass is 10.2. The van der Waals surface area contributed by atoms with E-state index in [2.05, 4.69) is 34.3 Å². The number of nitrogens with one attached hydrogen (secondary N) is 2. The van der Waals surface area contributed by atoms with Crippen LogP contribution < -0.4 is 11.1 Å². The minimum Gasteiger partial charge on any atom is -0.368 e. The van der Waals surface area contributed by atoms with Gasteiger partial charge in [-0.1, -0.05) is 13.8 Å². The van der Waals surface area contributed by atoms with Gasteiger partial charge in [0.05, 0.1) is 0 Å². The second-order valence-electron chi connectivity index (χ2n) is 2.70. The van der Waals surface area contributed by atoms with Gasteiger partial charge in [-0.15, -0.1) is 5.10 Å². The molecule has 68 valence electrons. The Bertz CT molecular complexity index is 227. The number of hydrogen-bond donors (Lipinski definition) is 3. The molecule has 0 aliphatic heterocycles. The Morgan fingerprint density at radius 2 is 2.17 bits per heavy atom. The van der Waals surface area contributed by atoms with Gasteiger partial charge < -0.3 is 11.1 Å². The van der Waals surface area contributed by atoms with Crippen LogP contribution in [-0.2, 0) is 0 Å². The van der Waals surface area contributed by atoms with Crippen LogP contribution in [0.15, 0.2) is 0 Å². The fourth-order valence-corrected chi connectivity index (χ4v) is 1.01. The maximum Gasteiger partial charge on any atom is 0.243 e. The van der Waals surface area contributed by atoms with Crippen LogP contribution in [0.5, 0.6) is 0 Å². The monoisotopic (exact) mass is 169 g/mol. The smallest absolute Gasteiger partial charge is 0.243 e. The molecule has 12 heavy (non-hydrogen) atoms. The van der Waals surface area contributed by atoms with E-state index in [9.17, 15) is 0 Å². The summed E-state index contributed by atoms with van der Waals surface area (Å²) < 4.78 is 0. The summed E-state index contributed by atoms with van der Waals surface area (Å²) in [6.45, 7) is 4.24.